The molecule has 0 spiro atoms. The van der Waals surface area contributed by atoms with Crippen LogP contribution in [0.3, 0.4) is 0 Å². The highest BCUT2D eigenvalue weighted by molar-refractivity contribution is 5.78. The number of benzene rings is 1. The Morgan fingerprint density at radius 1 is 1.35 bits per heavy atom. The topological polar surface area (TPSA) is 68.5 Å². The molecular weight excluding hydrogens is 330 g/mol. The van der Waals surface area contributed by atoms with Gasteiger partial charge in [-0.3, -0.25) is 4.79 Å². The molecule has 0 saturated carbocycles. The molecule has 1 aromatic carbocycles. The first-order valence-corrected chi connectivity index (χ1v) is 9.36. The highest BCUT2D eigenvalue weighted by atomic mass is 16.5. The van der Waals surface area contributed by atoms with Crippen LogP contribution in [0.1, 0.15) is 49.9 Å². The second-order valence-electron chi connectivity index (χ2n) is 7.12. The van der Waals surface area contributed by atoms with Gasteiger partial charge in [-0.1, -0.05) is 49.3 Å². The molecule has 6 nitrogen and oxygen atoms in total. The fourth-order valence-electron chi connectivity index (χ4n) is 3.21. The van der Waals surface area contributed by atoms with Gasteiger partial charge in [-0.2, -0.15) is 4.98 Å². The maximum absolute atomic E-state index is 12.2. The lowest BCUT2D eigenvalue weighted by Crippen LogP contribution is -2.41. The molecule has 1 amide bonds. The average Bonchev–Trinajstić information content (AvgIpc) is 3.14. The quantitative estimate of drug-likeness (QED) is 0.712. The van der Waals surface area contributed by atoms with Crippen molar-refractivity contribution in [2.24, 2.45) is 5.92 Å². The third-order valence-corrected chi connectivity index (χ3v) is 4.64. The van der Waals surface area contributed by atoms with E-state index in [1.165, 1.54) is 0 Å². The summed E-state index contributed by atoms with van der Waals surface area (Å²) in [4.78, 5) is 18.7. The Morgan fingerprint density at radius 3 is 2.92 bits per heavy atom. The molecule has 1 fully saturated rings. The molecule has 0 bridgehead atoms. The van der Waals surface area contributed by atoms with E-state index in [1.54, 1.807) is 0 Å². The summed E-state index contributed by atoms with van der Waals surface area (Å²) in [6.45, 7) is 6.50. The van der Waals surface area contributed by atoms with Crippen molar-refractivity contribution in [1.29, 1.82) is 0 Å². The van der Waals surface area contributed by atoms with E-state index in [-0.39, 0.29) is 17.7 Å². The Bertz CT molecular complexity index is 699. The van der Waals surface area contributed by atoms with Crippen LogP contribution in [0.5, 0.6) is 0 Å². The third-order valence-electron chi connectivity index (χ3n) is 4.64. The lowest BCUT2D eigenvalue weighted by atomic mass is 9.97. The number of rotatable bonds is 7. The Balaban J connectivity index is 1.47. The van der Waals surface area contributed by atoms with E-state index < -0.39 is 0 Å². The molecule has 6 heteroatoms. The fourth-order valence-corrected chi connectivity index (χ4v) is 3.21. The zero-order valence-electron chi connectivity index (χ0n) is 15.6. The maximum atomic E-state index is 12.2. The van der Waals surface area contributed by atoms with E-state index >= 15 is 0 Å². The van der Waals surface area contributed by atoms with Crippen molar-refractivity contribution in [3.63, 3.8) is 0 Å². The smallest absolute Gasteiger partial charge is 0.231 e. The van der Waals surface area contributed by atoms with Crippen LogP contribution in [-0.2, 0) is 22.6 Å². The van der Waals surface area contributed by atoms with Crippen LogP contribution >= 0.6 is 0 Å². The number of likely N-dealkylation sites (tertiary alicyclic amines) is 1. The fraction of sp³-hybridized carbons (Fsp3) is 0.550. The molecule has 0 aliphatic carbocycles. The first-order valence-electron chi connectivity index (χ1n) is 9.36. The van der Waals surface area contributed by atoms with Gasteiger partial charge in [0.2, 0.25) is 11.8 Å². The van der Waals surface area contributed by atoms with E-state index in [0.717, 1.165) is 24.9 Å². The molecule has 1 atom stereocenters. The van der Waals surface area contributed by atoms with E-state index in [2.05, 4.69) is 10.1 Å². The third kappa shape index (κ3) is 4.91. The minimum absolute atomic E-state index is 0.0220. The zero-order valence-corrected chi connectivity index (χ0v) is 15.6. The summed E-state index contributed by atoms with van der Waals surface area (Å²) in [6, 6.07) is 10.1. The number of ether oxygens (including phenoxy) is 1. The standard InChI is InChI=1S/C20H27N3O3/c1-15(2)20(24)23-11-6-9-17(13-23)19-21-18(22-26-19)10-12-25-14-16-7-4-3-5-8-16/h3-5,7-8,15,17H,6,9-14H2,1-2H3. The molecule has 1 aliphatic rings. The molecule has 3 rings (SSSR count). The van der Waals surface area contributed by atoms with Crippen LogP contribution in [-0.4, -0.2) is 40.6 Å². The van der Waals surface area contributed by atoms with Gasteiger partial charge in [0, 0.05) is 25.4 Å². The van der Waals surface area contributed by atoms with E-state index in [1.807, 2.05) is 49.1 Å². The molecule has 1 aromatic heterocycles. The summed E-state index contributed by atoms with van der Waals surface area (Å²) in [5, 5.41) is 4.07. The first-order chi connectivity index (χ1) is 12.6. The Labute approximate surface area is 154 Å². The van der Waals surface area contributed by atoms with Crippen LogP contribution < -0.4 is 0 Å². The minimum atomic E-state index is 0.0220. The van der Waals surface area contributed by atoms with Gasteiger partial charge in [0.05, 0.1) is 19.1 Å². The van der Waals surface area contributed by atoms with Crippen LogP contribution in [0.4, 0.5) is 0 Å². The van der Waals surface area contributed by atoms with E-state index in [0.29, 0.717) is 37.9 Å². The monoisotopic (exact) mass is 357 g/mol. The SMILES string of the molecule is CC(C)C(=O)N1CCCC(c2nc(CCOCc3ccccc3)no2)C1. The largest absolute Gasteiger partial charge is 0.376 e. The summed E-state index contributed by atoms with van der Waals surface area (Å²) in [5.74, 6) is 1.67. The number of carbonyl (C=O) groups is 1. The Kier molecular flexibility index (Phi) is 6.39. The summed E-state index contributed by atoms with van der Waals surface area (Å²) < 4.78 is 11.1. The van der Waals surface area contributed by atoms with Gasteiger partial charge in [-0.15, -0.1) is 0 Å². The van der Waals surface area contributed by atoms with Crippen LogP contribution in [0.15, 0.2) is 34.9 Å². The highest BCUT2D eigenvalue weighted by Gasteiger charge is 2.29. The average molecular weight is 357 g/mol. The molecule has 140 valence electrons. The lowest BCUT2D eigenvalue weighted by Gasteiger charge is -2.32. The Morgan fingerprint density at radius 2 is 2.15 bits per heavy atom. The second kappa shape index (κ2) is 8.94. The highest BCUT2D eigenvalue weighted by Crippen LogP contribution is 2.26. The van der Waals surface area contributed by atoms with Crippen molar-refractivity contribution in [3.8, 4) is 0 Å². The molecule has 1 saturated heterocycles. The minimum Gasteiger partial charge on any atom is -0.376 e. The van der Waals surface area contributed by atoms with Crippen molar-refractivity contribution >= 4 is 5.91 Å². The number of nitrogens with zero attached hydrogens (tertiary/aromatic N) is 3. The zero-order chi connectivity index (χ0) is 18.4. The normalized spacial score (nSPS) is 17.7. The molecule has 2 heterocycles. The summed E-state index contributed by atoms with van der Waals surface area (Å²) in [5.41, 5.74) is 1.15. The summed E-state index contributed by atoms with van der Waals surface area (Å²) >= 11 is 0. The molecule has 26 heavy (non-hydrogen) atoms. The molecule has 1 unspecified atom stereocenters. The van der Waals surface area contributed by atoms with Gasteiger partial charge >= 0.3 is 0 Å². The number of piperidine rings is 1. The van der Waals surface area contributed by atoms with Crippen molar-refractivity contribution in [2.75, 3.05) is 19.7 Å². The molecule has 2 aromatic rings. The van der Waals surface area contributed by atoms with E-state index in [4.69, 9.17) is 9.26 Å². The summed E-state index contributed by atoms with van der Waals surface area (Å²) in [7, 11) is 0. The van der Waals surface area contributed by atoms with Gasteiger partial charge in [0.25, 0.3) is 0 Å². The number of hydrogen-bond donors (Lipinski definition) is 0. The van der Waals surface area contributed by atoms with Crippen LogP contribution in [0.2, 0.25) is 0 Å². The number of carbonyl (C=O) groups excluding carboxylic acids is 1. The van der Waals surface area contributed by atoms with Gasteiger partial charge < -0.3 is 14.2 Å². The predicted molar refractivity (Wildman–Crippen MR) is 97.5 cm³/mol. The number of aromatic nitrogens is 2. The Hall–Kier alpha value is -2.21. The van der Waals surface area contributed by atoms with Gasteiger partial charge in [0.15, 0.2) is 5.82 Å². The lowest BCUT2D eigenvalue weighted by molar-refractivity contribution is -0.135. The van der Waals surface area contributed by atoms with Crippen molar-refractivity contribution in [2.45, 2.75) is 45.6 Å². The van der Waals surface area contributed by atoms with Crippen LogP contribution in [0.25, 0.3) is 0 Å². The predicted octanol–water partition coefficient (Wildman–Crippen LogP) is 3.19. The van der Waals surface area contributed by atoms with E-state index in [9.17, 15) is 4.79 Å². The second-order valence-corrected chi connectivity index (χ2v) is 7.12. The number of amides is 1. The van der Waals surface area contributed by atoms with Crippen molar-refractivity contribution < 1.29 is 14.1 Å². The van der Waals surface area contributed by atoms with Crippen molar-refractivity contribution in [3.05, 3.63) is 47.6 Å². The number of hydrogen-bond acceptors (Lipinski definition) is 5. The van der Waals surface area contributed by atoms with Gasteiger partial charge in [-0.25, -0.2) is 0 Å². The maximum Gasteiger partial charge on any atom is 0.231 e. The van der Waals surface area contributed by atoms with Gasteiger partial charge in [-0.05, 0) is 18.4 Å². The molecular formula is C20H27N3O3. The molecule has 0 N–H and O–H groups in total. The molecule has 0 radical (unpaired) electrons. The van der Waals surface area contributed by atoms with Gasteiger partial charge in [0.1, 0.15) is 0 Å². The summed E-state index contributed by atoms with van der Waals surface area (Å²) in [6.07, 6.45) is 2.58. The van der Waals surface area contributed by atoms with Crippen molar-refractivity contribution in [1.82, 2.24) is 15.0 Å². The molecule has 1 aliphatic heterocycles. The van der Waals surface area contributed by atoms with Crippen LogP contribution in [0, 0.1) is 5.92 Å². The first kappa shape index (κ1) is 18.6.